The summed E-state index contributed by atoms with van der Waals surface area (Å²) in [6.07, 6.45) is 1.99. The molecule has 0 aromatic heterocycles. The Hall–Kier alpha value is -1.42. The highest BCUT2D eigenvalue weighted by molar-refractivity contribution is 7.99. The van der Waals surface area contributed by atoms with E-state index in [1.165, 1.54) is 21.6 Å². The van der Waals surface area contributed by atoms with E-state index in [4.69, 9.17) is 0 Å². The molecule has 2 aromatic rings. The highest BCUT2D eigenvalue weighted by atomic mass is 35.5. The zero-order valence-electron chi connectivity index (χ0n) is 14.2. The van der Waals surface area contributed by atoms with Gasteiger partial charge >= 0.3 is 0 Å². The van der Waals surface area contributed by atoms with Crippen LogP contribution in [0.15, 0.2) is 59.0 Å². The van der Waals surface area contributed by atoms with Gasteiger partial charge in [-0.15, -0.1) is 24.2 Å². The Labute approximate surface area is 155 Å². The maximum Gasteiger partial charge on any atom is 0.115 e. The average Bonchev–Trinajstić information content (AvgIpc) is 2.67. The van der Waals surface area contributed by atoms with E-state index in [0.717, 1.165) is 30.7 Å². The lowest BCUT2D eigenvalue weighted by Crippen LogP contribution is -2.17. The SMILES string of the molecule is CN(C)CC1=C(Cc2cccc(O)c2)c2ccccc2SCC1.Cl. The second-order valence-electron chi connectivity index (χ2n) is 6.26. The fourth-order valence-corrected chi connectivity index (χ4v) is 4.20. The Kier molecular flexibility index (Phi) is 6.79. The fourth-order valence-electron chi connectivity index (χ4n) is 3.11. The number of hydrogen-bond donors (Lipinski definition) is 1. The minimum Gasteiger partial charge on any atom is -0.508 e. The molecule has 0 unspecified atom stereocenters. The van der Waals surface area contributed by atoms with Crippen molar-refractivity contribution in [1.29, 1.82) is 0 Å². The molecule has 4 heteroatoms. The number of thioether (sulfide) groups is 1. The van der Waals surface area contributed by atoms with E-state index < -0.39 is 0 Å². The number of fused-ring (bicyclic) bond motifs is 1. The Bertz CT molecular complexity index is 727. The lowest BCUT2D eigenvalue weighted by molar-refractivity contribution is 0.441. The molecule has 0 amide bonds. The van der Waals surface area contributed by atoms with Crippen LogP contribution < -0.4 is 0 Å². The first-order valence-electron chi connectivity index (χ1n) is 7.99. The van der Waals surface area contributed by atoms with Gasteiger partial charge in [-0.25, -0.2) is 0 Å². The van der Waals surface area contributed by atoms with Crippen molar-refractivity contribution in [2.45, 2.75) is 17.7 Å². The van der Waals surface area contributed by atoms with E-state index in [-0.39, 0.29) is 12.4 Å². The molecule has 1 aliphatic heterocycles. The number of nitrogens with zero attached hydrogens (tertiary/aromatic N) is 1. The van der Waals surface area contributed by atoms with Gasteiger partial charge in [0.2, 0.25) is 0 Å². The molecule has 0 bridgehead atoms. The molecule has 0 radical (unpaired) electrons. The number of aromatic hydroxyl groups is 1. The van der Waals surface area contributed by atoms with E-state index in [0.29, 0.717) is 5.75 Å². The van der Waals surface area contributed by atoms with Crippen LogP contribution in [0.2, 0.25) is 0 Å². The average molecular weight is 362 g/mol. The lowest BCUT2D eigenvalue weighted by atomic mass is 9.92. The summed E-state index contributed by atoms with van der Waals surface area (Å²) in [6.45, 7) is 0.989. The second-order valence-corrected chi connectivity index (χ2v) is 7.40. The molecule has 0 atom stereocenters. The van der Waals surface area contributed by atoms with Crippen molar-refractivity contribution in [2.75, 3.05) is 26.4 Å². The molecule has 2 aromatic carbocycles. The van der Waals surface area contributed by atoms with Gasteiger partial charge in [0.25, 0.3) is 0 Å². The predicted octanol–water partition coefficient (Wildman–Crippen LogP) is 4.87. The summed E-state index contributed by atoms with van der Waals surface area (Å²) in [7, 11) is 4.26. The first-order chi connectivity index (χ1) is 11.1. The number of likely N-dealkylation sites (N-methyl/N-ethyl adjacent to an activating group) is 1. The summed E-state index contributed by atoms with van der Waals surface area (Å²) in [5, 5.41) is 9.78. The van der Waals surface area contributed by atoms with Crippen molar-refractivity contribution in [3.05, 3.63) is 65.2 Å². The molecule has 3 rings (SSSR count). The van der Waals surface area contributed by atoms with E-state index in [2.05, 4.69) is 49.3 Å². The van der Waals surface area contributed by atoms with Crippen LogP contribution in [-0.2, 0) is 6.42 Å². The largest absolute Gasteiger partial charge is 0.508 e. The Morgan fingerprint density at radius 3 is 2.62 bits per heavy atom. The van der Waals surface area contributed by atoms with Crippen molar-refractivity contribution >= 4 is 29.7 Å². The third-order valence-electron chi connectivity index (χ3n) is 4.10. The molecule has 0 saturated carbocycles. The molecule has 0 aliphatic carbocycles. The maximum absolute atomic E-state index is 9.78. The van der Waals surface area contributed by atoms with Gasteiger partial charge in [-0.05, 0) is 61.8 Å². The number of hydrogen-bond acceptors (Lipinski definition) is 3. The molecule has 128 valence electrons. The summed E-state index contributed by atoms with van der Waals surface area (Å²) >= 11 is 1.95. The molecular formula is C20H24ClNOS. The summed E-state index contributed by atoms with van der Waals surface area (Å²) in [6, 6.07) is 16.3. The van der Waals surface area contributed by atoms with Crippen molar-refractivity contribution in [3.8, 4) is 5.75 Å². The van der Waals surface area contributed by atoms with Crippen molar-refractivity contribution in [1.82, 2.24) is 4.90 Å². The first kappa shape index (κ1) is 18.9. The minimum absolute atomic E-state index is 0. The third-order valence-corrected chi connectivity index (χ3v) is 5.17. The summed E-state index contributed by atoms with van der Waals surface area (Å²) in [5.74, 6) is 1.47. The Balaban J connectivity index is 0.00000208. The van der Waals surface area contributed by atoms with Crippen LogP contribution in [0.3, 0.4) is 0 Å². The van der Waals surface area contributed by atoms with Gasteiger partial charge in [0.15, 0.2) is 0 Å². The molecule has 2 nitrogen and oxygen atoms in total. The van der Waals surface area contributed by atoms with Gasteiger partial charge in [0.1, 0.15) is 5.75 Å². The summed E-state index contributed by atoms with van der Waals surface area (Å²) in [4.78, 5) is 3.62. The van der Waals surface area contributed by atoms with Gasteiger partial charge in [0.05, 0.1) is 0 Å². The standard InChI is InChI=1S/C20H23NOS.ClH/c1-21(2)14-16-10-11-23-20-9-4-3-8-18(20)19(16)13-15-6-5-7-17(22)12-15;/h3-9,12,22H,10-11,13-14H2,1-2H3;1H. The first-order valence-corrected chi connectivity index (χ1v) is 8.98. The molecular weight excluding hydrogens is 338 g/mol. The van der Waals surface area contributed by atoms with Crippen LogP contribution in [0, 0.1) is 0 Å². The summed E-state index contributed by atoms with van der Waals surface area (Å²) in [5.41, 5.74) is 5.45. The number of halogens is 1. The van der Waals surface area contributed by atoms with E-state index in [1.807, 2.05) is 23.9 Å². The zero-order chi connectivity index (χ0) is 16.2. The number of phenolic OH excluding ortho intramolecular Hbond substituents is 1. The van der Waals surface area contributed by atoms with Crippen LogP contribution in [0.25, 0.3) is 5.57 Å². The smallest absolute Gasteiger partial charge is 0.115 e. The highest BCUT2D eigenvalue weighted by Crippen LogP contribution is 2.37. The van der Waals surface area contributed by atoms with Crippen molar-refractivity contribution in [2.24, 2.45) is 0 Å². The van der Waals surface area contributed by atoms with Crippen LogP contribution >= 0.6 is 24.2 Å². The van der Waals surface area contributed by atoms with Gasteiger partial charge in [-0.3, -0.25) is 0 Å². The minimum atomic E-state index is 0. The third kappa shape index (κ3) is 4.56. The van der Waals surface area contributed by atoms with Gasteiger partial charge in [-0.2, -0.15) is 0 Å². The van der Waals surface area contributed by atoms with Crippen molar-refractivity contribution < 1.29 is 5.11 Å². The van der Waals surface area contributed by atoms with E-state index >= 15 is 0 Å². The van der Waals surface area contributed by atoms with Crippen molar-refractivity contribution in [3.63, 3.8) is 0 Å². The molecule has 1 N–H and O–H groups in total. The molecule has 0 fully saturated rings. The van der Waals surface area contributed by atoms with Crippen LogP contribution in [0.1, 0.15) is 17.5 Å². The van der Waals surface area contributed by atoms with Gasteiger partial charge in [-0.1, -0.05) is 35.9 Å². The highest BCUT2D eigenvalue weighted by Gasteiger charge is 2.18. The molecule has 1 aliphatic rings. The maximum atomic E-state index is 9.78. The second kappa shape index (κ2) is 8.61. The topological polar surface area (TPSA) is 23.5 Å². The van der Waals surface area contributed by atoms with E-state index in [1.54, 1.807) is 6.07 Å². The lowest BCUT2D eigenvalue weighted by Gasteiger charge is -2.18. The molecule has 0 saturated heterocycles. The zero-order valence-corrected chi connectivity index (χ0v) is 15.8. The molecule has 1 heterocycles. The molecule has 24 heavy (non-hydrogen) atoms. The Morgan fingerprint density at radius 1 is 1.08 bits per heavy atom. The predicted molar refractivity (Wildman–Crippen MR) is 106 cm³/mol. The quantitative estimate of drug-likeness (QED) is 0.840. The van der Waals surface area contributed by atoms with Crippen LogP contribution in [0.4, 0.5) is 0 Å². The van der Waals surface area contributed by atoms with Gasteiger partial charge in [0, 0.05) is 17.2 Å². The normalized spacial score (nSPS) is 14.1. The summed E-state index contributed by atoms with van der Waals surface area (Å²) < 4.78 is 0. The van der Waals surface area contributed by atoms with Gasteiger partial charge < -0.3 is 10.0 Å². The van der Waals surface area contributed by atoms with Crippen LogP contribution in [0.5, 0.6) is 5.75 Å². The fraction of sp³-hybridized carbons (Fsp3) is 0.300. The number of benzene rings is 2. The number of allylic oxidation sites excluding steroid dienone is 1. The molecule has 0 spiro atoms. The Morgan fingerprint density at radius 2 is 1.88 bits per heavy atom. The number of rotatable bonds is 4. The monoisotopic (exact) mass is 361 g/mol. The van der Waals surface area contributed by atoms with E-state index in [9.17, 15) is 5.11 Å². The van der Waals surface area contributed by atoms with Crippen LogP contribution in [-0.4, -0.2) is 36.4 Å². The number of phenols is 1.